The van der Waals surface area contributed by atoms with Gasteiger partial charge in [0.15, 0.2) is 0 Å². The van der Waals surface area contributed by atoms with E-state index < -0.39 is 15.9 Å². The molecule has 3 N–H and O–H groups in total. The summed E-state index contributed by atoms with van der Waals surface area (Å²) in [5, 5.41) is 0. The molecule has 5 nitrogen and oxygen atoms in total. The molecule has 1 amide bonds. The minimum atomic E-state index is -3.27. The second kappa shape index (κ2) is 2.79. The van der Waals surface area contributed by atoms with Crippen LogP contribution in [0, 0.1) is 0 Å². The Hall–Kier alpha value is -0.620. The van der Waals surface area contributed by atoms with E-state index in [1.807, 2.05) is 4.72 Å². The van der Waals surface area contributed by atoms with E-state index in [-0.39, 0.29) is 6.54 Å². The molecule has 0 atom stereocenters. The third-order valence-electron chi connectivity index (χ3n) is 0.509. The van der Waals surface area contributed by atoms with E-state index in [2.05, 4.69) is 5.73 Å². The summed E-state index contributed by atoms with van der Waals surface area (Å²) < 4.78 is 22.4. The van der Waals surface area contributed by atoms with Gasteiger partial charge in [0.25, 0.3) is 0 Å². The first-order valence-electron chi connectivity index (χ1n) is 2.15. The maximum absolute atomic E-state index is 10.2. The van der Waals surface area contributed by atoms with E-state index >= 15 is 0 Å². The van der Waals surface area contributed by atoms with Gasteiger partial charge >= 0.3 is 0 Å². The number of carbonyl (C=O) groups excluding carboxylic acids is 1. The number of primary amides is 1. The van der Waals surface area contributed by atoms with Crippen LogP contribution in [0.2, 0.25) is 0 Å². The van der Waals surface area contributed by atoms with Gasteiger partial charge in [0, 0.05) is 0 Å². The van der Waals surface area contributed by atoms with Crippen LogP contribution in [0.3, 0.4) is 0 Å². The molecule has 0 bridgehead atoms. The maximum atomic E-state index is 10.2. The van der Waals surface area contributed by atoms with Crippen LogP contribution in [-0.2, 0) is 14.8 Å². The van der Waals surface area contributed by atoms with Crippen LogP contribution in [0.15, 0.2) is 0 Å². The van der Waals surface area contributed by atoms with Crippen molar-refractivity contribution in [3.05, 3.63) is 0 Å². The Bertz CT molecular complexity index is 195. The molecule has 0 spiro atoms. The number of nitrogens with two attached hydrogens (primary N) is 1. The summed E-state index contributed by atoms with van der Waals surface area (Å²) in [6, 6.07) is 0. The van der Waals surface area contributed by atoms with Gasteiger partial charge in [-0.3, -0.25) is 4.79 Å². The number of hydrogen-bond acceptors (Lipinski definition) is 3. The molecular formula is C3H8N2O3S. The number of nitrogens with one attached hydrogen (secondary N) is 1. The van der Waals surface area contributed by atoms with E-state index in [1.165, 1.54) is 0 Å². The van der Waals surface area contributed by atoms with Crippen LogP contribution < -0.4 is 10.5 Å². The highest BCUT2D eigenvalue weighted by molar-refractivity contribution is 7.88. The maximum Gasteiger partial charge on any atom is 0.232 e. The molecule has 6 heteroatoms. The van der Waals surface area contributed by atoms with Crippen molar-refractivity contribution in [2.75, 3.05) is 12.8 Å². The lowest BCUT2D eigenvalue weighted by atomic mass is 10.7. The zero-order valence-corrected chi connectivity index (χ0v) is 5.73. The molecular weight excluding hydrogens is 144 g/mol. The lowest BCUT2D eigenvalue weighted by Crippen LogP contribution is -2.32. The first-order chi connectivity index (χ1) is 3.92. The number of carbonyl (C=O) groups is 1. The van der Waals surface area contributed by atoms with E-state index in [4.69, 9.17) is 0 Å². The second-order valence-electron chi connectivity index (χ2n) is 1.56. The highest BCUT2D eigenvalue weighted by atomic mass is 32.2. The Morgan fingerprint density at radius 3 is 2.22 bits per heavy atom. The summed E-state index contributed by atoms with van der Waals surface area (Å²) in [6.07, 6.45) is 0.954. The van der Waals surface area contributed by atoms with E-state index in [9.17, 15) is 13.2 Å². The Kier molecular flexibility index (Phi) is 2.60. The van der Waals surface area contributed by atoms with Gasteiger partial charge in [-0.1, -0.05) is 0 Å². The Morgan fingerprint density at radius 1 is 1.67 bits per heavy atom. The van der Waals surface area contributed by atoms with Crippen LogP contribution >= 0.6 is 0 Å². The number of sulfonamides is 1. The number of hydrogen-bond donors (Lipinski definition) is 2. The van der Waals surface area contributed by atoms with Crippen molar-refractivity contribution in [1.29, 1.82) is 0 Å². The van der Waals surface area contributed by atoms with Crippen molar-refractivity contribution < 1.29 is 13.2 Å². The van der Waals surface area contributed by atoms with Gasteiger partial charge in [-0.2, -0.15) is 0 Å². The highest BCUT2D eigenvalue weighted by Crippen LogP contribution is 1.69. The molecule has 0 aromatic rings. The zero-order valence-electron chi connectivity index (χ0n) is 4.92. The molecule has 0 radical (unpaired) electrons. The van der Waals surface area contributed by atoms with Gasteiger partial charge in [0.05, 0.1) is 12.8 Å². The second-order valence-corrected chi connectivity index (χ2v) is 3.39. The summed E-state index contributed by atoms with van der Waals surface area (Å²) in [7, 11) is -3.27. The average Bonchev–Trinajstić information content (AvgIpc) is 1.59. The molecule has 0 saturated carbocycles. The largest absolute Gasteiger partial charge is 0.369 e. The molecule has 9 heavy (non-hydrogen) atoms. The molecule has 54 valence electrons. The van der Waals surface area contributed by atoms with Crippen LogP contribution in [0.25, 0.3) is 0 Å². The van der Waals surface area contributed by atoms with Crippen LogP contribution in [-0.4, -0.2) is 27.1 Å². The summed E-state index contributed by atoms with van der Waals surface area (Å²) in [4.78, 5) is 9.94. The molecule has 0 unspecified atom stereocenters. The van der Waals surface area contributed by atoms with Gasteiger partial charge in [-0.05, 0) is 0 Å². The Labute approximate surface area is 53.3 Å². The highest BCUT2D eigenvalue weighted by Gasteiger charge is 2.00. The quantitative estimate of drug-likeness (QED) is 0.491. The summed E-state index contributed by atoms with van der Waals surface area (Å²) in [6.45, 7) is -0.334. The minimum absolute atomic E-state index is 0.334. The topological polar surface area (TPSA) is 89.3 Å². The summed E-state index contributed by atoms with van der Waals surface area (Å²) in [5.74, 6) is -0.694. The molecule has 0 rings (SSSR count). The molecule has 0 aliphatic carbocycles. The van der Waals surface area contributed by atoms with Crippen molar-refractivity contribution in [3.63, 3.8) is 0 Å². The number of rotatable bonds is 3. The van der Waals surface area contributed by atoms with E-state index in [0.717, 1.165) is 6.26 Å². The lowest BCUT2D eigenvalue weighted by molar-refractivity contribution is -0.116. The zero-order chi connectivity index (χ0) is 7.49. The van der Waals surface area contributed by atoms with Crippen molar-refractivity contribution in [2.45, 2.75) is 0 Å². The fraction of sp³-hybridized carbons (Fsp3) is 0.667. The van der Waals surface area contributed by atoms with Crippen LogP contribution in [0.1, 0.15) is 0 Å². The lowest BCUT2D eigenvalue weighted by Gasteiger charge is -1.94. The molecule has 0 aromatic carbocycles. The monoisotopic (exact) mass is 152 g/mol. The fourth-order valence-electron chi connectivity index (χ4n) is 0.202. The average molecular weight is 152 g/mol. The first kappa shape index (κ1) is 8.38. The standard InChI is InChI=1S/C3H8N2O3S/c1-9(7,8)5-2-3(4)6/h5H,2H2,1H3,(H2,4,6). The fourth-order valence-corrected chi connectivity index (χ4v) is 0.607. The van der Waals surface area contributed by atoms with Gasteiger partial charge in [-0.15, -0.1) is 0 Å². The smallest absolute Gasteiger partial charge is 0.232 e. The predicted molar refractivity (Wildman–Crippen MR) is 32.0 cm³/mol. The van der Waals surface area contributed by atoms with Gasteiger partial charge in [-0.25, -0.2) is 13.1 Å². The molecule has 0 aromatic heterocycles. The third-order valence-corrected chi connectivity index (χ3v) is 1.18. The Balaban J connectivity index is 3.67. The number of amides is 1. The summed E-state index contributed by atoms with van der Waals surface area (Å²) in [5.41, 5.74) is 4.63. The van der Waals surface area contributed by atoms with Crippen LogP contribution in [0.5, 0.6) is 0 Å². The predicted octanol–water partition coefficient (Wildman–Crippen LogP) is -1.98. The first-order valence-corrected chi connectivity index (χ1v) is 4.04. The molecule has 0 aliphatic rings. The Morgan fingerprint density at radius 2 is 2.11 bits per heavy atom. The van der Waals surface area contributed by atoms with E-state index in [1.54, 1.807) is 0 Å². The van der Waals surface area contributed by atoms with Gasteiger partial charge < -0.3 is 5.73 Å². The van der Waals surface area contributed by atoms with Gasteiger partial charge in [0.1, 0.15) is 0 Å². The van der Waals surface area contributed by atoms with Crippen molar-refractivity contribution in [1.82, 2.24) is 4.72 Å². The normalized spacial score (nSPS) is 11.2. The molecule has 0 saturated heterocycles. The molecule has 0 fully saturated rings. The molecule has 0 heterocycles. The molecule has 0 aliphatic heterocycles. The third kappa shape index (κ3) is 7.38. The van der Waals surface area contributed by atoms with Crippen molar-refractivity contribution >= 4 is 15.9 Å². The van der Waals surface area contributed by atoms with E-state index in [0.29, 0.717) is 0 Å². The van der Waals surface area contributed by atoms with Gasteiger partial charge in [0.2, 0.25) is 15.9 Å². The summed E-state index contributed by atoms with van der Waals surface area (Å²) >= 11 is 0. The minimum Gasteiger partial charge on any atom is -0.369 e. The van der Waals surface area contributed by atoms with Crippen molar-refractivity contribution in [2.24, 2.45) is 5.73 Å². The van der Waals surface area contributed by atoms with Crippen LogP contribution in [0.4, 0.5) is 0 Å². The SMILES string of the molecule is CS(=O)(=O)NCC(N)=O. The van der Waals surface area contributed by atoms with Crippen molar-refractivity contribution in [3.8, 4) is 0 Å².